The Morgan fingerprint density at radius 1 is 1.22 bits per heavy atom. The molecule has 3 heteroatoms. The number of benzene rings is 1. The van der Waals surface area contributed by atoms with Crippen molar-refractivity contribution in [1.29, 1.82) is 0 Å². The first kappa shape index (κ1) is 13.5. The Kier molecular flexibility index (Phi) is 4.05. The molecular formula is C15H23NO2. The predicted octanol–water partition coefficient (Wildman–Crippen LogP) is 2.80. The van der Waals surface area contributed by atoms with Gasteiger partial charge in [0.15, 0.2) is 5.79 Å². The van der Waals surface area contributed by atoms with E-state index in [1.807, 2.05) is 13.8 Å². The normalized spacial score (nSPS) is 21.8. The minimum atomic E-state index is -0.440. The summed E-state index contributed by atoms with van der Waals surface area (Å²) in [5, 5.41) is 3.56. The lowest BCUT2D eigenvalue weighted by atomic mass is 10.0. The maximum Gasteiger partial charge on any atom is 0.162 e. The fourth-order valence-electron chi connectivity index (χ4n) is 2.30. The van der Waals surface area contributed by atoms with Crippen LogP contribution >= 0.6 is 0 Å². The van der Waals surface area contributed by atoms with Gasteiger partial charge in [0.25, 0.3) is 0 Å². The highest BCUT2D eigenvalue weighted by Gasteiger charge is 2.28. The van der Waals surface area contributed by atoms with Gasteiger partial charge in [-0.05, 0) is 38.8 Å². The van der Waals surface area contributed by atoms with Crippen LogP contribution in [0.3, 0.4) is 0 Å². The predicted molar refractivity (Wildman–Crippen MR) is 72.5 cm³/mol. The van der Waals surface area contributed by atoms with E-state index in [0.717, 1.165) is 0 Å². The van der Waals surface area contributed by atoms with Gasteiger partial charge in [-0.3, -0.25) is 0 Å². The minimum Gasteiger partial charge on any atom is -0.349 e. The summed E-state index contributed by atoms with van der Waals surface area (Å²) < 4.78 is 11.3. The van der Waals surface area contributed by atoms with Crippen molar-refractivity contribution in [2.24, 2.45) is 0 Å². The van der Waals surface area contributed by atoms with Gasteiger partial charge < -0.3 is 14.8 Å². The van der Waals surface area contributed by atoms with Gasteiger partial charge in [-0.15, -0.1) is 0 Å². The SMILES string of the molecule is Cc1ccccc1[C@H](C)NC1COC(C)(C)OC1. The van der Waals surface area contributed by atoms with Crippen molar-refractivity contribution in [2.45, 2.75) is 45.6 Å². The third-order valence-corrected chi connectivity index (χ3v) is 3.40. The fraction of sp³-hybridized carbons (Fsp3) is 0.600. The van der Waals surface area contributed by atoms with Crippen molar-refractivity contribution < 1.29 is 9.47 Å². The molecule has 2 rings (SSSR count). The molecule has 1 aliphatic rings. The van der Waals surface area contributed by atoms with Crippen LogP contribution < -0.4 is 5.32 Å². The maximum absolute atomic E-state index is 5.66. The number of hydrogen-bond acceptors (Lipinski definition) is 3. The van der Waals surface area contributed by atoms with Crippen molar-refractivity contribution in [3.05, 3.63) is 35.4 Å². The van der Waals surface area contributed by atoms with E-state index in [1.54, 1.807) is 0 Å². The highest BCUT2D eigenvalue weighted by atomic mass is 16.7. The Bertz CT molecular complexity index is 393. The van der Waals surface area contributed by atoms with Gasteiger partial charge in [-0.25, -0.2) is 0 Å². The average Bonchev–Trinajstić information content (AvgIpc) is 2.32. The standard InChI is InChI=1S/C15H23NO2/c1-11-7-5-6-8-14(11)12(2)16-13-9-17-15(3,4)18-10-13/h5-8,12-13,16H,9-10H2,1-4H3/t12-/m0/s1. The molecule has 1 fully saturated rings. The molecule has 18 heavy (non-hydrogen) atoms. The Balaban J connectivity index is 1.93. The summed E-state index contributed by atoms with van der Waals surface area (Å²) in [4.78, 5) is 0. The molecule has 1 saturated heterocycles. The zero-order valence-electron chi connectivity index (χ0n) is 11.7. The van der Waals surface area contributed by atoms with E-state index in [-0.39, 0.29) is 6.04 Å². The monoisotopic (exact) mass is 249 g/mol. The summed E-state index contributed by atoms with van der Waals surface area (Å²) >= 11 is 0. The van der Waals surface area contributed by atoms with Gasteiger partial charge >= 0.3 is 0 Å². The molecule has 0 aliphatic carbocycles. The largest absolute Gasteiger partial charge is 0.349 e. The van der Waals surface area contributed by atoms with E-state index in [1.165, 1.54) is 11.1 Å². The summed E-state index contributed by atoms with van der Waals surface area (Å²) in [5.74, 6) is -0.440. The lowest BCUT2D eigenvalue weighted by molar-refractivity contribution is -0.253. The maximum atomic E-state index is 5.66. The van der Waals surface area contributed by atoms with Crippen LogP contribution in [-0.2, 0) is 9.47 Å². The summed E-state index contributed by atoms with van der Waals surface area (Å²) in [6.45, 7) is 9.63. The molecular weight excluding hydrogens is 226 g/mol. The summed E-state index contributed by atoms with van der Waals surface area (Å²) in [6.07, 6.45) is 0. The van der Waals surface area contributed by atoms with Gasteiger partial charge in [0, 0.05) is 6.04 Å². The number of rotatable bonds is 3. The number of hydrogen-bond donors (Lipinski definition) is 1. The smallest absolute Gasteiger partial charge is 0.162 e. The second kappa shape index (κ2) is 5.39. The third kappa shape index (κ3) is 3.31. The molecule has 100 valence electrons. The topological polar surface area (TPSA) is 30.5 Å². The first-order valence-corrected chi connectivity index (χ1v) is 6.57. The van der Waals surface area contributed by atoms with E-state index >= 15 is 0 Å². The molecule has 3 nitrogen and oxygen atoms in total. The highest BCUT2D eigenvalue weighted by Crippen LogP contribution is 2.21. The molecule has 1 aliphatic heterocycles. The van der Waals surface area contributed by atoms with E-state index in [0.29, 0.717) is 19.3 Å². The first-order valence-electron chi connectivity index (χ1n) is 6.57. The number of aryl methyl sites for hydroxylation is 1. The van der Waals surface area contributed by atoms with Crippen molar-refractivity contribution in [1.82, 2.24) is 5.32 Å². The molecule has 0 unspecified atom stereocenters. The molecule has 0 saturated carbocycles. The molecule has 1 heterocycles. The fourth-order valence-corrected chi connectivity index (χ4v) is 2.30. The molecule has 0 radical (unpaired) electrons. The summed E-state index contributed by atoms with van der Waals surface area (Å²) in [5.41, 5.74) is 2.65. The summed E-state index contributed by atoms with van der Waals surface area (Å²) in [7, 11) is 0. The van der Waals surface area contributed by atoms with Gasteiger partial charge in [-0.1, -0.05) is 24.3 Å². The van der Waals surface area contributed by atoms with Gasteiger partial charge in [-0.2, -0.15) is 0 Å². The second-order valence-corrected chi connectivity index (χ2v) is 5.46. The molecule has 0 bridgehead atoms. The van der Waals surface area contributed by atoms with Crippen LogP contribution in [0.15, 0.2) is 24.3 Å². The van der Waals surface area contributed by atoms with Crippen LogP contribution in [0.1, 0.15) is 37.9 Å². The Morgan fingerprint density at radius 2 is 1.83 bits per heavy atom. The van der Waals surface area contributed by atoms with Gasteiger partial charge in [0.05, 0.1) is 19.3 Å². The number of ether oxygens (including phenoxy) is 2. The van der Waals surface area contributed by atoms with Crippen molar-refractivity contribution in [3.8, 4) is 0 Å². The van der Waals surface area contributed by atoms with Gasteiger partial charge in [0.2, 0.25) is 0 Å². The van der Waals surface area contributed by atoms with Crippen molar-refractivity contribution in [2.75, 3.05) is 13.2 Å². The Hall–Kier alpha value is -0.900. The van der Waals surface area contributed by atoms with Gasteiger partial charge in [0.1, 0.15) is 0 Å². The average molecular weight is 249 g/mol. The molecule has 0 aromatic heterocycles. The zero-order chi connectivity index (χ0) is 13.2. The minimum absolute atomic E-state index is 0.257. The third-order valence-electron chi connectivity index (χ3n) is 3.40. The highest BCUT2D eigenvalue weighted by molar-refractivity contribution is 5.28. The first-order chi connectivity index (χ1) is 8.48. The molecule has 1 N–H and O–H groups in total. The van der Waals surface area contributed by atoms with E-state index in [9.17, 15) is 0 Å². The van der Waals surface area contributed by atoms with Crippen LogP contribution in [0.5, 0.6) is 0 Å². The lowest BCUT2D eigenvalue weighted by Gasteiger charge is -2.36. The Morgan fingerprint density at radius 3 is 2.44 bits per heavy atom. The van der Waals surface area contributed by atoms with Crippen LogP contribution in [0.25, 0.3) is 0 Å². The molecule has 1 atom stereocenters. The van der Waals surface area contributed by atoms with Crippen molar-refractivity contribution in [3.63, 3.8) is 0 Å². The molecule has 0 amide bonds. The van der Waals surface area contributed by atoms with Crippen LogP contribution in [0, 0.1) is 6.92 Å². The second-order valence-electron chi connectivity index (χ2n) is 5.46. The van der Waals surface area contributed by atoms with E-state index < -0.39 is 5.79 Å². The molecule has 0 spiro atoms. The molecule has 1 aromatic carbocycles. The Labute approximate surface area is 109 Å². The van der Waals surface area contributed by atoms with E-state index in [2.05, 4.69) is 43.4 Å². The van der Waals surface area contributed by atoms with Crippen molar-refractivity contribution >= 4 is 0 Å². The number of nitrogens with one attached hydrogen (secondary N) is 1. The lowest BCUT2D eigenvalue weighted by Crippen LogP contribution is -2.49. The van der Waals surface area contributed by atoms with Crippen LogP contribution in [0.4, 0.5) is 0 Å². The quantitative estimate of drug-likeness (QED) is 0.893. The molecule has 1 aromatic rings. The van der Waals surface area contributed by atoms with Crippen LogP contribution in [0.2, 0.25) is 0 Å². The summed E-state index contributed by atoms with van der Waals surface area (Å²) in [6, 6.07) is 9.03. The van der Waals surface area contributed by atoms with E-state index in [4.69, 9.17) is 9.47 Å². The van der Waals surface area contributed by atoms with Crippen LogP contribution in [-0.4, -0.2) is 25.0 Å². The zero-order valence-corrected chi connectivity index (χ0v) is 11.7.